The lowest BCUT2D eigenvalue weighted by atomic mass is 9.97. The highest BCUT2D eigenvalue weighted by Crippen LogP contribution is 2.64. The highest BCUT2D eigenvalue weighted by molar-refractivity contribution is 8.78. The standard InChI is InChI=1S/C13H14N2O4S2.C2H4O2/c1-14-10(18)12-5-7-3-2-4-8(17)9(7)15(12)11(19)13(14,6-16)21-20-12;1-2(3)4/h2-4,8-9,16-17H,5-6H2,1H3;1H3,(H,3,4)/t8-,9-,12+,13+;/m0./s1. The molecule has 2 bridgehead atoms. The van der Waals surface area contributed by atoms with Crippen molar-refractivity contribution < 1.29 is 29.7 Å². The maximum absolute atomic E-state index is 12.9. The molecule has 5 aliphatic rings. The molecule has 4 fully saturated rings. The smallest absolute Gasteiger partial charge is 0.300 e. The van der Waals surface area contributed by atoms with Crippen molar-refractivity contribution in [2.45, 2.75) is 35.2 Å². The Kier molecular flexibility index (Phi) is 4.43. The van der Waals surface area contributed by atoms with Crippen LogP contribution in [-0.2, 0) is 14.4 Å². The lowest BCUT2D eigenvalue weighted by Crippen LogP contribution is -2.77. The maximum Gasteiger partial charge on any atom is 0.300 e. The summed E-state index contributed by atoms with van der Waals surface area (Å²) in [6.07, 6.45) is 4.87. The van der Waals surface area contributed by atoms with E-state index in [2.05, 4.69) is 0 Å². The van der Waals surface area contributed by atoms with E-state index in [1.807, 2.05) is 6.08 Å². The van der Waals surface area contributed by atoms with Crippen molar-refractivity contribution in [3.8, 4) is 0 Å². The molecule has 136 valence electrons. The third-order valence-corrected chi connectivity index (χ3v) is 8.33. The molecule has 3 N–H and O–H groups in total. The Morgan fingerprint density at radius 1 is 1.36 bits per heavy atom. The van der Waals surface area contributed by atoms with Crippen LogP contribution < -0.4 is 0 Å². The van der Waals surface area contributed by atoms with E-state index in [4.69, 9.17) is 9.90 Å². The Hall–Kier alpha value is -1.49. The van der Waals surface area contributed by atoms with Crippen LogP contribution in [0.4, 0.5) is 0 Å². The fraction of sp³-hybridized carbons (Fsp3) is 0.533. The van der Waals surface area contributed by atoms with E-state index in [-0.39, 0.29) is 11.8 Å². The number of aliphatic carboxylic acids is 1. The van der Waals surface area contributed by atoms with Crippen LogP contribution in [0.5, 0.6) is 0 Å². The van der Waals surface area contributed by atoms with Crippen LogP contribution >= 0.6 is 21.6 Å². The van der Waals surface area contributed by atoms with Gasteiger partial charge in [-0.2, -0.15) is 0 Å². The highest BCUT2D eigenvalue weighted by atomic mass is 33.1. The molecule has 4 atom stereocenters. The molecule has 2 amide bonds. The Morgan fingerprint density at radius 3 is 2.60 bits per heavy atom. The first-order chi connectivity index (χ1) is 11.7. The Balaban J connectivity index is 0.000000415. The second kappa shape index (κ2) is 6.04. The number of aliphatic hydroxyl groups excluding tert-OH is 2. The quantitative estimate of drug-likeness (QED) is 0.530. The first-order valence-electron chi connectivity index (χ1n) is 7.56. The molecule has 25 heavy (non-hydrogen) atoms. The predicted octanol–water partition coefficient (Wildman–Crippen LogP) is -0.213. The van der Waals surface area contributed by atoms with Gasteiger partial charge in [-0.25, -0.2) is 0 Å². The van der Waals surface area contributed by atoms with E-state index >= 15 is 0 Å². The van der Waals surface area contributed by atoms with Gasteiger partial charge in [0, 0.05) is 20.4 Å². The fourth-order valence-electron chi connectivity index (χ4n) is 3.55. The summed E-state index contributed by atoms with van der Waals surface area (Å²) in [4.78, 5) is 35.4. The number of allylic oxidation sites excluding steroid dienone is 2. The average Bonchev–Trinajstić information content (AvgIpc) is 2.90. The maximum atomic E-state index is 12.9. The number of hydrogen-bond acceptors (Lipinski definition) is 7. The van der Waals surface area contributed by atoms with Gasteiger partial charge in [-0.05, 0) is 16.4 Å². The number of fused-ring (bicyclic) bond motifs is 3. The van der Waals surface area contributed by atoms with Crippen LogP contribution in [0.25, 0.3) is 0 Å². The third-order valence-electron chi connectivity index (χ3n) is 4.70. The van der Waals surface area contributed by atoms with Gasteiger partial charge >= 0.3 is 0 Å². The minimum absolute atomic E-state index is 0.178. The van der Waals surface area contributed by atoms with Crippen LogP contribution in [0.3, 0.4) is 0 Å². The molecule has 0 aromatic carbocycles. The molecule has 1 spiro atoms. The predicted molar refractivity (Wildman–Crippen MR) is 92.3 cm³/mol. The van der Waals surface area contributed by atoms with Gasteiger partial charge in [0.2, 0.25) is 4.87 Å². The first-order valence-corrected chi connectivity index (χ1v) is 9.71. The molecule has 10 heteroatoms. The molecule has 4 heterocycles. The Bertz CT molecular complexity index is 706. The van der Waals surface area contributed by atoms with Crippen molar-refractivity contribution in [1.82, 2.24) is 9.80 Å². The van der Waals surface area contributed by atoms with Gasteiger partial charge in [0.05, 0.1) is 18.8 Å². The van der Waals surface area contributed by atoms with Crippen molar-refractivity contribution in [3.05, 3.63) is 23.8 Å². The highest BCUT2D eigenvalue weighted by Gasteiger charge is 2.73. The normalized spacial score (nSPS) is 38.0. The van der Waals surface area contributed by atoms with Crippen molar-refractivity contribution in [2.75, 3.05) is 13.7 Å². The monoisotopic (exact) mass is 386 g/mol. The van der Waals surface area contributed by atoms with Gasteiger partial charge in [0.1, 0.15) is 0 Å². The number of carbonyl (C=O) groups excluding carboxylic acids is 2. The molecule has 4 aliphatic heterocycles. The lowest BCUT2D eigenvalue weighted by Gasteiger charge is -2.58. The molecular weight excluding hydrogens is 368 g/mol. The minimum Gasteiger partial charge on any atom is -0.481 e. The summed E-state index contributed by atoms with van der Waals surface area (Å²) in [5.41, 5.74) is 0.892. The fourth-order valence-corrected chi connectivity index (χ4v) is 7.12. The molecule has 0 saturated carbocycles. The summed E-state index contributed by atoms with van der Waals surface area (Å²) >= 11 is 0. The van der Waals surface area contributed by atoms with Gasteiger partial charge in [0.25, 0.3) is 17.8 Å². The van der Waals surface area contributed by atoms with Crippen molar-refractivity contribution >= 4 is 39.4 Å². The molecule has 5 rings (SSSR count). The van der Waals surface area contributed by atoms with Crippen LogP contribution in [-0.4, -0.2) is 78.4 Å². The second-order valence-electron chi connectivity index (χ2n) is 6.19. The number of piperazine rings is 1. The average molecular weight is 386 g/mol. The number of rotatable bonds is 1. The zero-order valence-electron chi connectivity index (χ0n) is 13.6. The largest absolute Gasteiger partial charge is 0.481 e. The summed E-state index contributed by atoms with van der Waals surface area (Å²) in [5.74, 6) is -1.30. The van der Waals surface area contributed by atoms with Gasteiger partial charge in [-0.15, -0.1) is 0 Å². The van der Waals surface area contributed by atoms with Crippen LogP contribution in [0, 0.1) is 0 Å². The van der Waals surface area contributed by atoms with Gasteiger partial charge in [-0.1, -0.05) is 29.0 Å². The van der Waals surface area contributed by atoms with E-state index in [9.17, 15) is 19.8 Å². The SMILES string of the molecule is CC(=O)O.CN1C(=O)[C@]23CC4=CC=C[C@H](O)[C@H]4N2C(=O)[C@@]1(CO)SS3. The summed E-state index contributed by atoms with van der Waals surface area (Å²) in [6.45, 7) is 0.649. The summed E-state index contributed by atoms with van der Waals surface area (Å²) < 4.78 is 0. The van der Waals surface area contributed by atoms with E-state index in [1.165, 1.54) is 31.4 Å². The zero-order valence-corrected chi connectivity index (χ0v) is 15.2. The molecule has 8 nitrogen and oxygen atoms in total. The third kappa shape index (κ3) is 2.35. The van der Waals surface area contributed by atoms with Crippen molar-refractivity contribution in [2.24, 2.45) is 0 Å². The molecule has 0 radical (unpaired) electrons. The number of likely N-dealkylation sites (N-methyl/N-ethyl adjacent to an activating group) is 1. The van der Waals surface area contributed by atoms with Crippen LogP contribution in [0.2, 0.25) is 0 Å². The summed E-state index contributed by atoms with van der Waals surface area (Å²) in [6, 6.07) is -0.500. The summed E-state index contributed by atoms with van der Waals surface area (Å²) in [7, 11) is 4.14. The number of carbonyl (C=O) groups is 3. The number of carboxylic acid groups (broad SMARTS) is 1. The van der Waals surface area contributed by atoms with Crippen molar-refractivity contribution in [1.29, 1.82) is 0 Å². The van der Waals surface area contributed by atoms with E-state index in [1.54, 1.807) is 19.2 Å². The number of carboxylic acids is 1. The number of hydrogen-bond donors (Lipinski definition) is 3. The topological polar surface area (TPSA) is 118 Å². The van der Waals surface area contributed by atoms with Crippen LogP contribution in [0.15, 0.2) is 23.8 Å². The van der Waals surface area contributed by atoms with Crippen LogP contribution in [0.1, 0.15) is 13.3 Å². The van der Waals surface area contributed by atoms with Gasteiger partial charge < -0.3 is 25.1 Å². The first kappa shape index (κ1) is 18.3. The number of nitrogens with zero attached hydrogens (tertiary/aromatic N) is 2. The minimum atomic E-state index is -1.28. The molecule has 0 unspecified atom stereocenters. The van der Waals surface area contributed by atoms with Gasteiger partial charge in [-0.3, -0.25) is 14.4 Å². The number of aliphatic hydroxyl groups is 2. The Labute approximate surface area is 151 Å². The molecule has 1 aliphatic carbocycles. The van der Waals surface area contributed by atoms with E-state index in [0.717, 1.165) is 12.5 Å². The lowest BCUT2D eigenvalue weighted by molar-refractivity contribution is -0.168. The molecule has 4 saturated heterocycles. The summed E-state index contributed by atoms with van der Waals surface area (Å²) in [5, 5.41) is 27.4. The zero-order chi connectivity index (χ0) is 18.6. The van der Waals surface area contributed by atoms with Gasteiger partial charge in [0.15, 0.2) is 4.87 Å². The van der Waals surface area contributed by atoms with E-state index in [0.29, 0.717) is 6.42 Å². The van der Waals surface area contributed by atoms with E-state index < -0.39 is 34.5 Å². The molecule has 0 aromatic heterocycles. The van der Waals surface area contributed by atoms with Crippen molar-refractivity contribution in [3.63, 3.8) is 0 Å². The molecule has 0 aromatic rings. The second-order valence-corrected chi connectivity index (χ2v) is 8.87. The Morgan fingerprint density at radius 2 is 2.00 bits per heavy atom. The molecular formula is C15H18N2O6S2. The number of amides is 2.